The van der Waals surface area contributed by atoms with Gasteiger partial charge in [-0.05, 0) is 29.9 Å². The molecular formula is C10H13NO7S2. The summed E-state index contributed by atoms with van der Waals surface area (Å²) in [4.78, 5) is 15.2. The van der Waals surface area contributed by atoms with Crippen molar-refractivity contribution in [3.63, 3.8) is 0 Å². The van der Waals surface area contributed by atoms with Crippen LogP contribution in [0.15, 0.2) is 23.1 Å². The molecule has 0 spiro atoms. The van der Waals surface area contributed by atoms with E-state index in [2.05, 4.69) is 4.84 Å². The van der Waals surface area contributed by atoms with Crippen molar-refractivity contribution in [3.05, 3.63) is 33.9 Å². The Balaban J connectivity index is 2.70. The molecule has 1 aromatic carbocycles. The lowest BCUT2D eigenvalue weighted by molar-refractivity contribution is -0.711. The summed E-state index contributed by atoms with van der Waals surface area (Å²) in [7, 11) is -4.00. The van der Waals surface area contributed by atoms with Gasteiger partial charge in [0.15, 0.2) is 0 Å². The Morgan fingerprint density at radius 1 is 1.40 bits per heavy atom. The van der Waals surface area contributed by atoms with E-state index in [9.17, 15) is 18.5 Å². The highest BCUT2D eigenvalue weighted by atomic mass is 32.2. The summed E-state index contributed by atoms with van der Waals surface area (Å²) in [5.41, 5.74) is 0.462. The van der Waals surface area contributed by atoms with Crippen LogP contribution in [0.3, 0.4) is 0 Å². The maximum absolute atomic E-state index is 10.5. The van der Waals surface area contributed by atoms with Gasteiger partial charge < -0.3 is 5.11 Å². The van der Waals surface area contributed by atoms with Crippen LogP contribution in [0, 0.1) is 10.1 Å². The number of thioether (sulfide) groups is 1. The van der Waals surface area contributed by atoms with Crippen LogP contribution in [0.2, 0.25) is 0 Å². The van der Waals surface area contributed by atoms with Crippen molar-refractivity contribution in [2.24, 2.45) is 0 Å². The molecule has 0 unspecified atom stereocenters. The Bertz CT molecular complexity index is 573. The minimum atomic E-state index is -4.00. The predicted octanol–water partition coefficient (Wildman–Crippen LogP) is 1.12. The SMILES string of the molecule is O=[N+]([O-])Oc1cc(CO)ccc1SCCCS(=O)(=O)O. The zero-order valence-corrected chi connectivity index (χ0v) is 11.9. The molecule has 0 radical (unpaired) electrons. The number of nitrogens with zero attached hydrogens (tertiary/aromatic N) is 1. The molecule has 20 heavy (non-hydrogen) atoms. The largest absolute Gasteiger partial charge is 0.392 e. The van der Waals surface area contributed by atoms with Gasteiger partial charge in [0.25, 0.3) is 15.2 Å². The summed E-state index contributed by atoms with van der Waals surface area (Å²) < 4.78 is 29.7. The fourth-order valence-electron chi connectivity index (χ4n) is 1.35. The lowest BCUT2D eigenvalue weighted by atomic mass is 10.2. The molecule has 10 heteroatoms. The Labute approximate surface area is 119 Å². The van der Waals surface area contributed by atoms with E-state index in [-0.39, 0.29) is 24.5 Å². The van der Waals surface area contributed by atoms with Crippen molar-refractivity contribution in [3.8, 4) is 5.75 Å². The Kier molecular flexibility index (Phi) is 6.20. The standard InChI is InChI=1S/C10H13NO7S2/c12-7-8-2-3-10(9(6-8)18-11(13)14)19-4-1-5-20(15,16)17/h2-3,6,12H,1,4-5,7H2,(H,15,16,17). The highest BCUT2D eigenvalue weighted by Gasteiger charge is 2.10. The third kappa shape index (κ3) is 6.19. The topological polar surface area (TPSA) is 127 Å². The molecule has 1 aromatic rings. The van der Waals surface area contributed by atoms with Crippen molar-refractivity contribution in [2.75, 3.05) is 11.5 Å². The van der Waals surface area contributed by atoms with Crippen LogP contribution >= 0.6 is 11.8 Å². The van der Waals surface area contributed by atoms with Crippen molar-refractivity contribution in [1.82, 2.24) is 0 Å². The predicted molar refractivity (Wildman–Crippen MR) is 71.7 cm³/mol. The third-order valence-electron chi connectivity index (χ3n) is 2.17. The van der Waals surface area contributed by atoms with Gasteiger partial charge in [-0.1, -0.05) is 6.07 Å². The van der Waals surface area contributed by atoms with Gasteiger partial charge in [0.05, 0.1) is 12.4 Å². The summed E-state index contributed by atoms with van der Waals surface area (Å²) in [6.07, 6.45) is 0.198. The Morgan fingerprint density at radius 3 is 2.65 bits per heavy atom. The normalized spacial score (nSPS) is 11.3. The lowest BCUT2D eigenvalue weighted by Crippen LogP contribution is -2.06. The second kappa shape index (κ2) is 7.43. The highest BCUT2D eigenvalue weighted by molar-refractivity contribution is 7.99. The lowest BCUT2D eigenvalue weighted by Gasteiger charge is -2.08. The van der Waals surface area contributed by atoms with E-state index in [1.165, 1.54) is 6.07 Å². The fourth-order valence-corrected chi connectivity index (χ4v) is 2.95. The van der Waals surface area contributed by atoms with E-state index < -0.39 is 15.2 Å². The third-order valence-corrected chi connectivity index (χ3v) is 4.11. The molecule has 0 atom stereocenters. The molecule has 0 amide bonds. The van der Waals surface area contributed by atoms with Crippen LogP contribution in [0.1, 0.15) is 12.0 Å². The van der Waals surface area contributed by atoms with Crippen molar-refractivity contribution in [1.29, 1.82) is 0 Å². The summed E-state index contributed by atoms with van der Waals surface area (Å²) >= 11 is 1.16. The van der Waals surface area contributed by atoms with Crippen LogP contribution in [-0.4, -0.2) is 34.7 Å². The first-order chi connectivity index (χ1) is 9.31. The molecule has 0 aromatic heterocycles. The molecule has 0 heterocycles. The average Bonchev–Trinajstić information content (AvgIpc) is 2.34. The molecule has 0 saturated heterocycles. The molecule has 0 aliphatic rings. The average molecular weight is 323 g/mol. The van der Waals surface area contributed by atoms with Gasteiger partial charge in [-0.3, -0.25) is 9.39 Å². The van der Waals surface area contributed by atoms with E-state index in [1.807, 2.05) is 0 Å². The van der Waals surface area contributed by atoms with Gasteiger partial charge in [0, 0.05) is 4.90 Å². The molecule has 0 aliphatic heterocycles. The van der Waals surface area contributed by atoms with Crippen molar-refractivity contribution < 1.29 is 28.0 Å². The molecule has 112 valence electrons. The van der Waals surface area contributed by atoms with Gasteiger partial charge in [-0.25, -0.2) is 0 Å². The number of aliphatic hydroxyl groups excluding tert-OH is 1. The number of aliphatic hydroxyl groups is 1. The van der Waals surface area contributed by atoms with Gasteiger partial charge in [0.1, 0.15) is 5.75 Å². The number of rotatable bonds is 8. The minimum absolute atomic E-state index is 0.0154. The minimum Gasteiger partial charge on any atom is -0.392 e. The second-order valence-corrected chi connectivity index (χ2v) is 6.45. The number of hydrogen-bond acceptors (Lipinski definition) is 7. The molecule has 0 saturated carbocycles. The molecular weight excluding hydrogens is 310 g/mol. The quantitative estimate of drug-likeness (QED) is 0.239. The van der Waals surface area contributed by atoms with E-state index in [4.69, 9.17) is 9.66 Å². The summed E-state index contributed by atoms with van der Waals surface area (Å²) in [6, 6.07) is 4.47. The molecule has 0 aliphatic carbocycles. The van der Waals surface area contributed by atoms with E-state index >= 15 is 0 Å². The highest BCUT2D eigenvalue weighted by Crippen LogP contribution is 2.31. The van der Waals surface area contributed by atoms with E-state index in [0.717, 1.165) is 11.8 Å². The summed E-state index contributed by atoms with van der Waals surface area (Å²) in [5.74, 6) is -0.0506. The summed E-state index contributed by atoms with van der Waals surface area (Å²) in [6.45, 7) is -0.276. The molecule has 0 fully saturated rings. The van der Waals surface area contributed by atoms with Crippen LogP contribution in [-0.2, 0) is 16.7 Å². The monoisotopic (exact) mass is 323 g/mol. The first kappa shape index (κ1) is 16.7. The van der Waals surface area contributed by atoms with Crippen LogP contribution in [0.5, 0.6) is 5.75 Å². The molecule has 1 rings (SSSR count). The van der Waals surface area contributed by atoms with E-state index in [1.54, 1.807) is 12.1 Å². The van der Waals surface area contributed by atoms with Crippen LogP contribution in [0.4, 0.5) is 0 Å². The smallest absolute Gasteiger partial charge is 0.299 e. The molecule has 8 nitrogen and oxygen atoms in total. The van der Waals surface area contributed by atoms with Crippen LogP contribution < -0.4 is 4.84 Å². The molecule has 2 N–H and O–H groups in total. The first-order valence-electron chi connectivity index (χ1n) is 5.46. The van der Waals surface area contributed by atoms with E-state index in [0.29, 0.717) is 16.2 Å². The Hall–Kier alpha value is -1.36. The second-order valence-electron chi connectivity index (χ2n) is 3.74. The van der Waals surface area contributed by atoms with Crippen molar-refractivity contribution in [2.45, 2.75) is 17.9 Å². The van der Waals surface area contributed by atoms with Gasteiger partial charge in [-0.15, -0.1) is 21.9 Å². The number of benzene rings is 1. The maximum Gasteiger partial charge on any atom is 0.299 e. The van der Waals surface area contributed by atoms with Gasteiger partial charge >= 0.3 is 0 Å². The molecule has 0 bridgehead atoms. The van der Waals surface area contributed by atoms with Gasteiger partial charge in [0.2, 0.25) is 0 Å². The fraction of sp³-hybridized carbons (Fsp3) is 0.400. The van der Waals surface area contributed by atoms with Crippen molar-refractivity contribution >= 4 is 21.9 Å². The zero-order valence-electron chi connectivity index (χ0n) is 10.3. The Morgan fingerprint density at radius 2 is 2.10 bits per heavy atom. The maximum atomic E-state index is 10.5. The van der Waals surface area contributed by atoms with Gasteiger partial charge in [-0.2, -0.15) is 8.42 Å². The summed E-state index contributed by atoms with van der Waals surface area (Å²) in [5, 5.41) is 18.4. The number of hydrogen-bond donors (Lipinski definition) is 2. The first-order valence-corrected chi connectivity index (χ1v) is 8.05. The van der Waals surface area contributed by atoms with Crippen LogP contribution in [0.25, 0.3) is 0 Å². The zero-order chi connectivity index (χ0) is 15.2.